The fraction of sp³-hybridized carbons (Fsp3) is 0.231. The van der Waals surface area contributed by atoms with Crippen molar-refractivity contribution in [1.29, 1.82) is 0 Å². The van der Waals surface area contributed by atoms with Gasteiger partial charge in [-0.25, -0.2) is 0 Å². The summed E-state index contributed by atoms with van der Waals surface area (Å²) in [5.74, 6) is -1.22. The molecule has 0 saturated heterocycles. The van der Waals surface area contributed by atoms with Gasteiger partial charge in [-0.1, -0.05) is 12.7 Å². The fourth-order valence-corrected chi connectivity index (χ4v) is 1.34. The van der Waals surface area contributed by atoms with Crippen molar-refractivity contribution in [1.82, 2.24) is 0 Å². The molecular formula is C13H16N2O3. The minimum absolute atomic E-state index is 0.0368. The fourth-order valence-electron chi connectivity index (χ4n) is 1.34. The molecule has 0 saturated carbocycles. The van der Waals surface area contributed by atoms with Crippen molar-refractivity contribution in [2.45, 2.75) is 20.0 Å². The van der Waals surface area contributed by atoms with Gasteiger partial charge in [0.1, 0.15) is 5.75 Å². The molecule has 0 aromatic heterocycles. The molecule has 0 aliphatic carbocycles. The Balaban J connectivity index is 2.95. The van der Waals surface area contributed by atoms with Crippen LogP contribution in [0.4, 0.5) is 5.69 Å². The second-order valence-corrected chi connectivity index (χ2v) is 3.94. The maximum atomic E-state index is 11.1. The highest BCUT2D eigenvalue weighted by molar-refractivity contribution is 6.39. The lowest BCUT2D eigenvalue weighted by molar-refractivity contribution is -0.134. The van der Waals surface area contributed by atoms with E-state index in [4.69, 9.17) is 10.5 Å². The van der Waals surface area contributed by atoms with Crippen LogP contribution in [-0.4, -0.2) is 17.9 Å². The Bertz CT molecular complexity index is 481. The molecule has 18 heavy (non-hydrogen) atoms. The zero-order valence-electron chi connectivity index (χ0n) is 10.4. The highest BCUT2D eigenvalue weighted by atomic mass is 16.5. The first kappa shape index (κ1) is 13.8. The van der Waals surface area contributed by atoms with Crippen LogP contribution >= 0.6 is 0 Å². The number of hydrogen-bond donors (Lipinski definition) is 2. The summed E-state index contributed by atoms with van der Waals surface area (Å²) in [6.45, 7) is 7.49. The number of primary amides is 1. The Morgan fingerprint density at radius 2 is 2.11 bits per heavy atom. The summed E-state index contributed by atoms with van der Waals surface area (Å²) in [6.07, 6.45) is 1.65. The molecule has 0 aliphatic heterocycles. The SMILES string of the molecule is C=Cc1cc(NC(=O)C(N)=O)ccc1OC(C)C. The lowest BCUT2D eigenvalue weighted by Crippen LogP contribution is -2.29. The third-order valence-corrected chi connectivity index (χ3v) is 2.07. The smallest absolute Gasteiger partial charge is 0.313 e. The summed E-state index contributed by atoms with van der Waals surface area (Å²) in [4.78, 5) is 21.8. The van der Waals surface area contributed by atoms with Crippen molar-refractivity contribution in [3.63, 3.8) is 0 Å². The highest BCUT2D eigenvalue weighted by Crippen LogP contribution is 2.24. The number of hydrogen-bond acceptors (Lipinski definition) is 3. The van der Waals surface area contributed by atoms with Crippen molar-refractivity contribution in [2.75, 3.05) is 5.32 Å². The van der Waals surface area contributed by atoms with Gasteiger partial charge in [0.25, 0.3) is 0 Å². The molecule has 96 valence electrons. The van der Waals surface area contributed by atoms with Crippen molar-refractivity contribution in [2.24, 2.45) is 5.73 Å². The topological polar surface area (TPSA) is 81.4 Å². The molecule has 0 bridgehead atoms. The third-order valence-electron chi connectivity index (χ3n) is 2.07. The summed E-state index contributed by atoms with van der Waals surface area (Å²) in [5, 5.41) is 2.38. The predicted octanol–water partition coefficient (Wildman–Crippen LogP) is 1.54. The summed E-state index contributed by atoms with van der Waals surface area (Å²) in [6, 6.07) is 4.99. The summed E-state index contributed by atoms with van der Waals surface area (Å²) in [7, 11) is 0. The summed E-state index contributed by atoms with van der Waals surface area (Å²) >= 11 is 0. The first-order valence-electron chi connectivity index (χ1n) is 5.48. The van der Waals surface area contributed by atoms with Crippen LogP contribution in [0.5, 0.6) is 5.75 Å². The minimum atomic E-state index is -1.03. The van der Waals surface area contributed by atoms with Gasteiger partial charge in [-0.15, -0.1) is 0 Å². The Morgan fingerprint density at radius 3 is 2.61 bits per heavy atom. The first-order valence-corrected chi connectivity index (χ1v) is 5.48. The van der Waals surface area contributed by atoms with E-state index in [1.165, 1.54) is 0 Å². The van der Waals surface area contributed by atoms with Crippen LogP contribution in [0.25, 0.3) is 6.08 Å². The van der Waals surface area contributed by atoms with E-state index in [2.05, 4.69) is 11.9 Å². The molecule has 3 N–H and O–H groups in total. The number of nitrogens with one attached hydrogen (secondary N) is 1. The molecule has 0 atom stereocenters. The lowest BCUT2D eigenvalue weighted by Gasteiger charge is -2.13. The van der Waals surface area contributed by atoms with Gasteiger partial charge in [0.2, 0.25) is 0 Å². The molecule has 0 unspecified atom stereocenters. The van der Waals surface area contributed by atoms with Crippen molar-refractivity contribution >= 4 is 23.6 Å². The standard InChI is InChI=1S/C13H16N2O3/c1-4-9-7-10(15-13(17)12(14)16)5-6-11(9)18-8(2)3/h4-8H,1H2,2-3H3,(H2,14,16)(H,15,17). The van der Waals surface area contributed by atoms with Gasteiger partial charge in [0.15, 0.2) is 0 Å². The molecule has 0 spiro atoms. The molecule has 1 rings (SSSR count). The third kappa shape index (κ3) is 3.62. The van der Waals surface area contributed by atoms with Gasteiger partial charge in [-0.3, -0.25) is 9.59 Å². The maximum absolute atomic E-state index is 11.1. The Labute approximate surface area is 106 Å². The molecule has 0 aliphatic rings. The van der Waals surface area contributed by atoms with E-state index in [1.54, 1.807) is 24.3 Å². The molecule has 5 heteroatoms. The molecule has 0 fully saturated rings. The van der Waals surface area contributed by atoms with Gasteiger partial charge < -0.3 is 15.8 Å². The molecule has 2 amide bonds. The van der Waals surface area contributed by atoms with Crippen molar-refractivity contribution in [3.05, 3.63) is 30.3 Å². The number of nitrogens with two attached hydrogens (primary N) is 1. The van der Waals surface area contributed by atoms with E-state index in [9.17, 15) is 9.59 Å². The van der Waals surface area contributed by atoms with Crippen molar-refractivity contribution in [3.8, 4) is 5.75 Å². The Hall–Kier alpha value is -2.30. The zero-order valence-corrected chi connectivity index (χ0v) is 10.4. The van der Waals surface area contributed by atoms with Gasteiger partial charge in [-0.2, -0.15) is 0 Å². The van der Waals surface area contributed by atoms with E-state index < -0.39 is 11.8 Å². The number of amides is 2. The molecule has 5 nitrogen and oxygen atoms in total. The predicted molar refractivity (Wildman–Crippen MR) is 70.1 cm³/mol. The monoisotopic (exact) mass is 248 g/mol. The zero-order chi connectivity index (χ0) is 13.7. The van der Waals surface area contributed by atoms with E-state index in [0.29, 0.717) is 11.4 Å². The Kier molecular flexibility index (Phi) is 4.48. The number of anilines is 1. The number of carbonyl (C=O) groups excluding carboxylic acids is 2. The minimum Gasteiger partial charge on any atom is -0.490 e. The molecular weight excluding hydrogens is 232 g/mol. The van der Waals surface area contributed by atoms with Crippen LogP contribution in [0.3, 0.4) is 0 Å². The van der Waals surface area contributed by atoms with Crippen molar-refractivity contribution < 1.29 is 14.3 Å². The van der Waals surface area contributed by atoms with Crippen LogP contribution in [0.2, 0.25) is 0 Å². The van der Waals surface area contributed by atoms with Crippen LogP contribution in [-0.2, 0) is 9.59 Å². The number of carbonyl (C=O) groups is 2. The van der Waals surface area contributed by atoms with Crippen LogP contribution in [0, 0.1) is 0 Å². The normalized spacial score (nSPS) is 9.94. The second kappa shape index (κ2) is 5.86. The van der Waals surface area contributed by atoms with E-state index in [1.807, 2.05) is 13.8 Å². The van der Waals surface area contributed by atoms with Gasteiger partial charge in [0, 0.05) is 11.3 Å². The summed E-state index contributed by atoms with van der Waals surface area (Å²) < 4.78 is 5.57. The van der Waals surface area contributed by atoms with Gasteiger partial charge in [0.05, 0.1) is 6.10 Å². The van der Waals surface area contributed by atoms with Gasteiger partial charge in [-0.05, 0) is 32.0 Å². The average molecular weight is 248 g/mol. The first-order chi connectivity index (χ1) is 8.43. The average Bonchev–Trinajstić information content (AvgIpc) is 2.30. The lowest BCUT2D eigenvalue weighted by atomic mass is 10.1. The molecule has 1 aromatic rings. The van der Waals surface area contributed by atoms with Crippen LogP contribution < -0.4 is 15.8 Å². The van der Waals surface area contributed by atoms with Crippen LogP contribution in [0.15, 0.2) is 24.8 Å². The quantitative estimate of drug-likeness (QED) is 0.793. The largest absolute Gasteiger partial charge is 0.490 e. The number of rotatable bonds is 4. The number of ether oxygens (including phenoxy) is 1. The molecule has 0 heterocycles. The number of benzene rings is 1. The molecule has 0 radical (unpaired) electrons. The van der Waals surface area contributed by atoms with E-state index in [-0.39, 0.29) is 6.10 Å². The van der Waals surface area contributed by atoms with E-state index >= 15 is 0 Å². The van der Waals surface area contributed by atoms with E-state index in [0.717, 1.165) is 5.56 Å². The maximum Gasteiger partial charge on any atom is 0.313 e. The summed E-state index contributed by atoms with van der Waals surface area (Å²) in [5.41, 5.74) is 6.04. The van der Waals surface area contributed by atoms with Gasteiger partial charge >= 0.3 is 11.8 Å². The second-order valence-electron chi connectivity index (χ2n) is 3.94. The highest BCUT2D eigenvalue weighted by Gasteiger charge is 2.10. The van der Waals surface area contributed by atoms with Crippen LogP contribution in [0.1, 0.15) is 19.4 Å². The molecule has 1 aromatic carbocycles. The Morgan fingerprint density at radius 1 is 1.44 bits per heavy atom.